The molecule has 0 aliphatic carbocycles. The fourth-order valence-corrected chi connectivity index (χ4v) is 3.09. The van der Waals surface area contributed by atoms with E-state index in [-0.39, 0.29) is 21.3 Å². The zero-order chi connectivity index (χ0) is 19.5. The second-order valence-corrected chi connectivity index (χ2v) is 7.29. The van der Waals surface area contributed by atoms with Crippen molar-refractivity contribution in [1.82, 2.24) is 0 Å². The summed E-state index contributed by atoms with van der Waals surface area (Å²) in [5.74, 6) is -2.31. The molecule has 0 atom stereocenters. The number of nitrogens with one attached hydrogen (secondary N) is 1. The van der Waals surface area contributed by atoms with E-state index in [4.69, 9.17) is 33.1 Å². The van der Waals surface area contributed by atoms with Crippen molar-refractivity contribution in [2.75, 3.05) is 11.9 Å². The Bertz CT molecular complexity index is 982. The first kappa shape index (κ1) is 20.1. The number of sulfonamides is 1. The first-order valence-corrected chi connectivity index (χ1v) is 9.12. The average molecular weight is 421 g/mol. The summed E-state index contributed by atoms with van der Waals surface area (Å²) in [4.78, 5) is 23.3. The summed E-state index contributed by atoms with van der Waals surface area (Å²) in [7, 11) is -4.13. The Morgan fingerprint density at radius 3 is 2.42 bits per heavy atom. The maximum atomic E-state index is 13.0. The summed E-state index contributed by atoms with van der Waals surface area (Å²) < 4.78 is 40.6. The van der Waals surface area contributed by atoms with Crippen LogP contribution in [0, 0.1) is 5.82 Å². The standard InChI is InChI=1S/C15H11Cl2FN2O5S/c16-10-3-1-8(5-13(10)26(19,23)24)15(22)25-7-14(21)20-9-2-4-12(18)11(17)6-9/h1-6H,7H2,(H,20,21)(H2,19,23,24). The molecule has 0 heterocycles. The number of hydrogen-bond donors (Lipinski definition) is 2. The molecule has 2 rings (SSSR count). The summed E-state index contributed by atoms with van der Waals surface area (Å²) >= 11 is 11.3. The number of rotatable bonds is 5. The number of primary sulfonamides is 1. The van der Waals surface area contributed by atoms with Gasteiger partial charge in [0.1, 0.15) is 10.7 Å². The Labute approximate surface area is 157 Å². The predicted octanol–water partition coefficient (Wildman–Crippen LogP) is 2.58. The fraction of sp³-hybridized carbons (Fsp3) is 0.0667. The van der Waals surface area contributed by atoms with Crippen LogP contribution in [0.1, 0.15) is 10.4 Å². The van der Waals surface area contributed by atoms with E-state index < -0.39 is 39.2 Å². The largest absolute Gasteiger partial charge is 0.452 e. The third-order valence-corrected chi connectivity index (χ3v) is 4.69. The molecule has 0 fully saturated rings. The minimum atomic E-state index is -4.13. The Balaban J connectivity index is 2.02. The van der Waals surface area contributed by atoms with E-state index >= 15 is 0 Å². The van der Waals surface area contributed by atoms with Crippen LogP contribution >= 0.6 is 23.2 Å². The molecule has 7 nitrogen and oxygen atoms in total. The normalized spacial score (nSPS) is 11.1. The number of carbonyl (C=O) groups is 2. The van der Waals surface area contributed by atoms with Crippen LogP contribution in [0.2, 0.25) is 10.0 Å². The molecule has 0 radical (unpaired) electrons. The van der Waals surface area contributed by atoms with Crippen LogP contribution < -0.4 is 10.5 Å². The molecule has 26 heavy (non-hydrogen) atoms. The van der Waals surface area contributed by atoms with Gasteiger partial charge in [0.15, 0.2) is 6.61 Å². The third kappa shape index (κ3) is 5.15. The van der Waals surface area contributed by atoms with E-state index in [1.54, 1.807) is 0 Å². The lowest BCUT2D eigenvalue weighted by molar-refractivity contribution is -0.119. The van der Waals surface area contributed by atoms with Gasteiger partial charge in [-0.1, -0.05) is 23.2 Å². The number of carbonyl (C=O) groups excluding carboxylic acids is 2. The highest BCUT2D eigenvalue weighted by Gasteiger charge is 2.18. The first-order valence-electron chi connectivity index (χ1n) is 6.82. The van der Waals surface area contributed by atoms with Crippen molar-refractivity contribution in [2.24, 2.45) is 5.14 Å². The van der Waals surface area contributed by atoms with Crippen LogP contribution in [0.4, 0.5) is 10.1 Å². The monoisotopic (exact) mass is 420 g/mol. The summed E-state index contributed by atoms with van der Waals surface area (Å²) in [6, 6.07) is 6.85. The van der Waals surface area contributed by atoms with Crippen molar-refractivity contribution in [2.45, 2.75) is 4.90 Å². The number of halogens is 3. The number of anilines is 1. The highest BCUT2D eigenvalue weighted by molar-refractivity contribution is 7.89. The summed E-state index contributed by atoms with van der Waals surface area (Å²) in [6.07, 6.45) is 0. The third-order valence-electron chi connectivity index (χ3n) is 3.01. The zero-order valence-corrected chi connectivity index (χ0v) is 15.2. The molecule has 3 N–H and O–H groups in total. The molecule has 0 aliphatic rings. The van der Waals surface area contributed by atoms with Gasteiger partial charge in [0.25, 0.3) is 5.91 Å². The van der Waals surface area contributed by atoms with Crippen LogP contribution in [0.25, 0.3) is 0 Å². The summed E-state index contributed by atoms with van der Waals surface area (Å²) in [5.41, 5.74) is 0.0523. The molecule has 0 aliphatic heterocycles. The van der Waals surface area contributed by atoms with Crippen molar-refractivity contribution < 1.29 is 27.1 Å². The van der Waals surface area contributed by atoms with Crippen LogP contribution in [0.5, 0.6) is 0 Å². The SMILES string of the molecule is NS(=O)(=O)c1cc(C(=O)OCC(=O)Nc2ccc(F)c(Cl)c2)ccc1Cl. The van der Waals surface area contributed by atoms with E-state index in [0.29, 0.717) is 0 Å². The molecule has 0 bridgehead atoms. The highest BCUT2D eigenvalue weighted by atomic mass is 35.5. The highest BCUT2D eigenvalue weighted by Crippen LogP contribution is 2.22. The molecule has 0 saturated carbocycles. The van der Waals surface area contributed by atoms with E-state index in [0.717, 1.165) is 12.1 Å². The smallest absolute Gasteiger partial charge is 0.338 e. The number of hydrogen-bond acceptors (Lipinski definition) is 5. The van der Waals surface area contributed by atoms with Gasteiger partial charge in [-0.2, -0.15) is 0 Å². The molecule has 0 saturated heterocycles. The van der Waals surface area contributed by atoms with Gasteiger partial charge in [0.05, 0.1) is 15.6 Å². The Morgan fingerprint density at radius 2 is 1.81 bits per heavy atom. The number of esters is 1. The number of amides is 1. The van der Waals surface area contributed by atoms with Gasteiger partial charge in [-0.25, -0.2) is 22.7 Å². The van der Waals surface area contributed by atoms with Crippen molar-refractivity contribution in [1.29, 1.82) is 0 Å². The van der Waals surface area contributed by atoms with E-state index in [9.17, 15) is 22.4 Å². The Morgan fingerprint density at radius 1 is 1.12 bits per heavy atom. The van der Waals surface area contributed by atoms with Crippen LogP contribution in [0.3, 0.4) is 0 Å². The number of nitrogens with two attached hydrogens (primary N) is 1. The maximum absolute atomic E-state index is 13.0. The van der Waals surface area contributed by atoms with Crippen LogP contribution in [-0.4, -0.2) is 26.9 Å². The van der Waals surface area contributed by atoms with Gasteiger partial charge in [0.2, 0.25) is 10.0 Å². The van der Waals surface area contributed by atoms with E-state index in [1.807, 2.05) is 0 Å². The van der Waals surface area contributed by atoms with Gasteiger partial charge in [0, 0.05) is 5.69 Å². The lowest BCUT2D eigenvalue weighted by Crippen LogP contribution is -2.21. The van der Waals surface area contributed by atoms with Gasteiger partial charge in [-0.05, 0) is 36.4 Å². The van der Waals surface area contributed by atoms with Gasteiger partial charge in [-0.3, -0.25) is 4.79 Å². The molecule has 138 valence electrons. The van der Waals surface area contributed by atoms with Crippen molar-refractivity contribution in [3.8, 4) is 0 Å². The molecule has 0 unspecified atom stereocenters. The molecular formula is C15H11Cl2FN2O5S. The molecule has 11 heteroatoms. The van der Waals surface area contributed by atoms with Crippen molar-refractivity contribution >= 4 is 50.8 Å². The molecular weight excluding hydrogens is 410 g/mol. The average Bonchev–Trinajstić information content (AvgIpc) is 2.55. The van der Waals surface area contributed by atoms with Crippen molar-refractivity contribution in [3.05, 3.63) is 57.8 Å². The molecule has 0 spiro atoms. The summed E-state index contributed by atoms with van der Waals surface area (Å²) in [5, 5.41) is 7.01. The lowest BCUT2D eigenvalue weighted by atomic mass is 10.2. The first-order chi connectivity index (χ1) is 12.1. The zero-order valence-electron chi connectivity index (χ0n) is 12.8. The minimum Gasteiger partial charge on any atom is -0.452 e. The Kier molecular flexibility index (Phi) is 6.19. The predicted molar refractivity (Wildman–Crippen MR) is 93.1 cm³/mol. The molecule has 2 aromatic rings. The second-order valence-electron chi connectivity index (χ2n) is 4.94. The van der Waals surface area contributed by atoms with E-state index in [2.05, 4.69) is 5.32 Å². The topological polar surface area (TPSA) is 116 Å². The van der Waals surface area contributed by atoms with E-state index in [1.165, 1.54) is 24.3 Å². The number of benzene rings is 2. The van der Waals surface area contributed by atoms with Crippen LogP contribution in [-0.2, 0) is 19.6 Å². The lowest BCUT2D eigenvalue weighted by Gasteiger charge is -2.08. The quantitative estimate of drug-likeness (QED) is 0.720. The number of ether oxygens (including phenoxy) is 1. The molecule has 0 aromatic heterocycles. The fourth-order valence-electron chi connectivity index (χ4n) is 1.83. The summed E-state index contributed by atoms with van der Waals surface area (Å²) in [6.45, 7) is -0.666. The minimum absolute atomic E-state index is 0.156. The van der Waals surface area contributed by atoms with Gasteiger partial charge in [-0.15, -0.1) is 0 Å². The van der Waals surface area contributed by atoms with Crippen LogP contribution in [0.15, 0.2) is 41.3 Å². The van der Waals surface area contributed by atoms with Gasteiger partial charge >= 0.3 is 5.97 Å². The molecule has 2 aromatic carbocycles. The maximum Gasteiger partial charge on any atom is 0.338 e. The van der Waals surface area contributed by atoms with Crippen molar-refractivity contribution in [3.63, 3.8) is 0 Å². The molecule has 1 amide bonds. The van der Waals surface area contributed by atoms with Gasteiger partial charge < -0.3 is 10.1 Å². The Hall–Kier alpha value is -2.20. The second kappa shape index (κ2) is 8.00.